The molecule has 1 aromatic heterocycles. The Morgan fingerprint density at radius 2 is 1.47 bits per heavy atom. The van der Waals surface area contributed by atoms with E-state index >= 15 is 0 Å². The highest BCUT2D eigenvalue weighted by Gasteiger charge is 2.29. The maximum atomic E-state index is 12.8. The van der Waals surface area contributed by atoms with Crippen LogP contribution < -0.4 is 24.2 Å². The summed E-state index contributed by atoms with van der Waals surface area (Å²) in [5, 5.41) is 13.8. The number of allylic oxidation sites excluding steroid dienone is 1. The monoisotopic (exact) mass is 697 g/mol. The van der Waals surface area contributed by atoms with Crippen LogP contribution in [-0.2, 0) is 26.0 Å². The maximum absolute atomic E-state index is 12.8. The van der Waals surface area contributed by atoms with Crippen LogP contribution >= 0.6 is 12.0 Å². The zero-order chi connectivity index (χ0) is 34.4. The number of hydrogen-bond donors (Lipinski definition) is 0. The van der Waals surface area contributed by atoms with Crippen molar-refractivity contribution in [3.63, 3.8) is 0 Å². The lowest BCUT2D eigenvalue weighted by Gasteiger charge is -2.33. The second-order valence-electron chi connectivity index (χ2n) is 11.2. The fourth-order valence-corrected chi connectivity index (χ4v) is 7.38. The van der Waals surface area contributed by atoms with Crippen LogP contribution in [0.1, 0.15) is 32.9 Å². The van der Waals surface area contributed by atoms with Gasteiger partial charge in [0.2, 0.25) is 11.2 Å². The lowest BCUT2D eigenvalue weighted by Crippen LogP contribution is -2.42. The number of benzene rings is 4. The van der Waals surface area contributed by atoms with E-state index in [0.29, 0.717) is 29.3 Å². The normalized spacial score (nSPS) is 14.9. The van der Waals surface area contributed by atoms with Crippen molar-refractivity contribution >= 4 is 50.9 Å². The van der Waals surface area contributed by atoms with Crippen molar-refractivity contribution in [2.24, 2.45) is 0 Å². The number of para-hydroxylation sites is 2. The van der Waals surface area contributed by atoms with Gasteiger partial charge in [-0.2, -0.15) is 8.90 Å². The van der Waals surface area contributed by atoms with Crippen LogP contribution in [0.2, 0.25) is 0 Å². The topological polar surface area (TPSA) is 124 Å². The number of hydrogen-bond acceptors (Lipinski definition) is 10. The number of pyridine rings is 1. The van der Waals surface area contributed by atoms with E-state index in [2.05, 4.69) is 9.94 Å². The van der Waals surface area contributed by atoms with Gasteiger partial charge in [-0.3, -0.25) is 5.04 Å². The highest BCUT2D eigenvalue weighted by atomic mass is 32.2. The Labute approximate surface area is 289 Å². The molecule has 6 rings (SSSR count). The maximum Gasteiger partial charge on any atom is 0.213 e. The standard InChI is InChI=1S/C37H34N2O8S2/c1-44-32-19-13-28(14-20-32)36(48-47-46-40)24-38-30(17-11-26-7-3-5-9-34(26)38)23-31-18-12-27-8-4-6-10-35(27)39(31)25-37(49(41,42)43)29-15-21-33(45-2)22-16-29/h3-23,36-37H,24-25H2,1-2H3,(H-,40,41,42,43)/p-1. The third-order valence-corrected chi connectivity index (χ3v) is 10.4. The molecule has 1 aliphatic heterocycles. The quantitative estimate of drug-likeness (QED) is 0.0482. The summed E-state index contributed by atoms with van der Waals surface area (Å²) in [6.45, 7) is 0.239. The van der Waals surface area contributed by atoms with Gasteiger partial charge in [0, 0.05) is 53.6 Å². The summed E-state index contributed by atoms with van der Waals surface area (Å²) >= 11 is 0.897. The molecule has 5 aromatic rings. The summed E-state index contributed by atoms with van der Waals surface area (Å²) in [4.78, 5) is 2.11. The summed E-state index contributed by atoms with van der Waals surface area (Å²) in [5.41, 5.74) is 5.37. The average molecular weight is 698 g/mol. The summed E-state index contributed by atoms with van der Waals surface area (Å²) in [6, 6.07) is 33.4. The first-order valence-electron chi connectivity index (χ1n) is 15.3. The van der Waals surface area contributed by atoms with Gasteiger partial charge < -0.3 is 24.2 Å². The molecular weight excluding hydrogens is 665 g/mol. The third kappa shape index (κ3) is 7.81. The van der Waals surface area contributed by atoms with Gasteiger partial charge in [-0.25, -0.2) is 8.42 Å². The van der Waals surface area contributed by atoms with Crippen molar-refractivity contribution in [2.45, 2.75) is 17.0 Å². The summed E-state index contributed by atoms with van der Waals surface area (Å²) in [6.07, 6.45) is 5.95. The molecule has 2 atom stereocenters. The molecule has 10 nitrogen and oxygen atoms in total. The number of aromatic nitrogens is 1. The molecule has 0 bridgehead atoms. The van der Waals surface area contributed by atoms with Gasteiger partial charge in [0.1, 0.15) is 26.9 Å². The van der Waals surface area contributed by atoms with E-state index in [1.165, 1.54) is 7.11 Å². The van der Waals surface area contributed by atoms with Gasteiger partial charge in [0.05, 0.1) is 19.5 Å². The Kier molecular flexibility index (Phi) is 10.6. The molecule has 2 heterocycles. The smallest absolute Gasteiger partial charge is 0.213 e. The number of fused-ring (bicyclic) bond motifs is 2. The number of nitrogens with zero attached hydrogens (tertiary/aromatic N) is 2. The first kappa shape index (κ1) is 34.2. The molecule has 0 N–H and O–H groups in total. The van der Waals surface area contributed by atoms with Gasteiger partial charge >= 0.3 is 0 Å². The van der Waals surface area contributed by atoms with Crippen LogP contribution in [0.25, 0.3) is 23.1 Å². The molecular formula is C37H33N2O8S2-. The second kappa shape index (κ2) is 15.2. The van der Waals surface area contributed by atoms with Crippen LogP contribution in [0.4, 0.5) is 5.69 Å². The van der Waals surface area contributed by atoms with Crippen molar-refractivity contribution in [1.29, 1.82) is 0 Å². The molecule has 0 saturated heterocycles. The number of ether oxygens (including phenoxy) is 2. The van der Waals surface area contributed by atoms with Crippen molar-refractivity contribution in [2.75, 3.05) is 25.7 Å². The van der Waals surface area contributed by atoms with Crippen molar-refractivity contribution in [3.05, 3.63) is 143 Å². The summed E-state index contributed by atoms with van der Waals surface area (Å²) in [5.74, 6) is 1.24. The van der Waals surface area contributed by atoms with Crippen molar-refractivity contribution in [1.82, 2.24) is 0 Å². The van der Waals surface area contributed by atoms with Gasteiger partial charge in [0.25, 0.3) is 0 Å². The van der Waals surface area contributed by atoms with Gasteiger partial charge in [-0.1, -0.05) is 60.7 Å². The Hall–Kier alpha value is -4.69. The molecule has 0 saturated carbocycles. The molecule has 12 heteroatoms. The molecule has 49 heavy (non-hydrogen) atoms. The van der Waals surface area contributed by atoms with Gasteiger partial charge in [0.15, 0.2) is 6.54 Å². The van der Waals surface area contributed by atoms with E-state index in [-0.39, 0.29) is 11.8 Å². The van der Waals surface area contributed by atoms with Gasteiger partial charge in [-0.05, 0) is 65.2 Å². The first-order valence-corrected chi connectivity index (χ1v) is 17.6. The molecule has 4 aromatic carbocycles. The lowest BCUT2D eigenvalue weighted by atomic mass is 10.0. The van der Waals surface area contributed by atoms with Crippen LogP contribution in [0.15, 0.2) is 121 Å². The predicted molar refractivity (Wildman–Crippen MR) is 186 cm³/mol. The van der Waals surface area contributed by atoms with E-state index < -0.39 is 15.4 Å². The molecule has 0 radical (unpaired) electrons. The van der Waals surface area contributed by atoms with E-state index in [9.17, 15) is 18.2 Å². The second-order valence-corrected chi connectivity index (χ2v) is 13.7. The van der Waals surface area contributed by atoms with E-state index in [1.807, 2.05) is 108 Å². The highest BCUT2D eigenvalue weighted by molar-refractivity contribution is 7.94. The number of rotatable bonds is 13. The molecule has 2 unspecified atom stereocenters. The highest BCUT2D eigenvalue weighted by Crippen LogP contribution is 2.38. The van der Waals surface area contributed by atoms with Crippen LogP contribution in [0.5, 0.6) is 11.5 Å². The Balaban J connectivity index is 1.46. The van der Waals surface area contributed by atoms with Crippen LogP contribution in [-0.4, -0.2) is 33.7 Å². The summed E-state index contributed by atoms with van der Waals surface area (Å²) in [7, 11) is -1.67. The lowest BCUT2D eigenvalue weighted by molar-refractivity contribution is -0.777. The first-order chi connectivity index (χ1) is 23.8. The van der Waals surface area contributed by atoms with E-state index in [0.717, 1.165) is 45.5 Å². The van der Waals surface area contributed by atoms with Crippen LogP contribution in [0, 0.1) is 0 Å². The predicted octanol–water partition coefficient (Wildman–Crippen LogP) is 5.92. The number of methoxy groups -OCH3 is 2. The van der Waals surface area contributed by atoms with E-state index in [1.54, 1.807) is 31.4 Å². The van der Waals surface area contributed by atoms with Crippen molar-refractivity contribution < 1.29 is 41.6 Å². The zero-order valence-corrected chi connectivity index (χ0v) is 28.3. The molecule has 0 amide bonds. The Morgan fingerprint density at radius 1 is 0.816 bits per heavy atom. The molecule has 0 fully saturated rings. The fourth-order valence-electron chi connectivity index (χ4n) is 5.96. The minimum atomic E-state index is -4.79. The molecule has 252 valence electrons. The minimum absolute atomic E-state index is 0.127. The molecule has 0 spiro atoms. The fraction of sp³-hybridized carbons (Fsp3) is 0.162. The summed E-state index contributed by atoms with van der Waals surface area (Å²) < 4.78 is 55.7. The van der Waals surface area contributed by atoms with Crippen LogP contribution in [0.3, 0.4) is 0 Å². The van der Waals surface area contributed by atoms with Crippen molar-refractivity contribution in [3.8, 4) is 11.5 Å². The largest absolute Gasteiger partial charge is 0.747 e. The SMILES string of the molecule is COc1ccc(C(CN2C(=Cc3ccc4ccccc4[n+]3CC(c3ccc(OC)cc3)S(=O)(=O)[O-])C=Cc3ccccc32)SOO[O-])cc1. The Bertz CT molecular complexity index is 2080. The van der Waals surface area contributed by atoms with E-state index in [4.69, 9.17) is 13.8 Å². The number of anilines is 1. The Morgan fingerprint density at radius 3 is 2.14 bits per heavy atom. The third-order valence-electron chi connectivity index (χ3n) is 8.45. The minimum Gasteiger partial charge on any atom is -0.747 e. The molecule has 1 aliphatic rings. The van der Waals surface area contributed by atoms with Gasteiger partial charge in [-0.15, -0.1) is 0 Å². The zero-order valence-electron chi connectivity index (χ0n) is 26.7. The average Bonchev–Trinajstić information content (AvgIpc) is 3.13. The molecule has 0 aliphatic carbocycles.